The van der Waals surface area contributed by atoms with Crippen LogP contribution in [0, 0.1) is 10.5 Å². The number of aromatic nitrogens is 1. The molecule has 0 radical (unpaired) electrons. The molecule has 3 nitrogen and oxygen atoms in total. The van der Waals surface area contributed by atoms with Crippen molar-refractivity contribution in [3.05, 3.63) is 62.5 Å². The number of benzene rings is 1. The molecule has 0 saturated heterocycles. The maximum atomic E-state index is 12.0. The molecule has 0 N–H and O–H groups in total. The fourth-order valence-electron chi connectivity index (χ4n) is 2.04. The molecule has 0 bridgehead atoms. The summed E-state index contributed by atoms with van der Waals surface area (Å²) in [5.41, 5.74) is 3.03. The average molecular weight is 381 g/mol. The summed E-state index contributed by atoms with van der Waals surface area (Å²) in [4.78, 5) is 12.0. The second-order valence-electron chi connectivity index (χ2n) is 4.51. The maximum absolute atomic E-state index is 12.0. The highest BCUT2D eigenvalue weighted by Gasteiger charge is 2.09. The predicted octanol–water partition coefficient (Wildman–Crippen LogP) is 3.53. The highest BCUT2D eigenvalue weighted by molar-refractivity contribution is 14.1. The van der Waals surface area contributed by atoms with Crippen molar-refractivity contribution in [1.82, 2.24) is 4.57 Å². The minimum atomic E-state index is 0.0227. The molecule has 104 valence electrons. The first-order chi connectivity index (χ1) is 9.54. The van der Waals surface area contributed by atoms with Crippen molar-refractivity contribution in [3.63, 3.8) is 0 Å². The van der Waals surface area contributed by atoms with Crippen molar-refractivity contribution in [2.75, 3.05) is 6.61 Å². The van der Waals surface area contributed by atoms with Crippen molar-refractivity contribution >= 4 is 22.6 Å². The van der Waals surface area contributed by atoms with Gasteiger partial charge in [-0.3, -0.25) is 4.79 Å². The molecule has 1 heterocycles. The zero-order chi connectivity index (χ0) is 14.7. The molecule has 0 fully saturated rings. The Morgan fingerprint density at radius 3 is 2.75 bits per heavy atom. The highest BCUT2D eigenvalue weighted by Crippen LogP contribution is 2.26. The first kappa shape index (κ1) is 14.8. The van der Waals surface area contributed by atoms with Gasteiger partial charge in [-0.05, 0) is 65.4 Å². The molecule has 4 heteroatoms. The molecule has 0 aliphatic rings. The zero-order valence-electron chi connectivity index (χ0n) is 11.5. The van der Waals surface area contributed by atoms with Crippen molar-refractivity contribution in [2.45, 2.75) is 6.92 Å². The third kappa shape index (κ3) is 2.95. The summed E-state index contributed by atoms with van der Waals surface area (Å²) in [7, 11) is 1.79. The number of nitrogens with zero attached hydrogens (tertiary/aromatic N) is 1. The van der Waals surface area contributed by atoms with E-state index < -0.39 is 0 Å². The topological polar surface area (TPSA) is 31.2 Å². The van der Waals surface area contributed by atoms with E-state index in [1.807, 2.05) is 37.3 Å². The normalized spacial score (nSPS) is 10.3. The fraction of sp³-hybridized carbons (Fsp3) is 0.188. The molecule has 1 aromatic carbocycles. The summed E-state index contributed by atoms with van der Waals surface area (Å²) in [6, 6.07) is 9.68. The van der Waals surface area contributed by atoms with Crippen LogP contribution < -0.4 is 10.3 Å². The largest absolute Gasteiger partial charge is 0.490 e. The highest BCUT2D eigenvalue weighted by atomic mass is 127. The fourth-order valence-corrected chi connectivity index (χ4v) is 2.59. The summed E-state index contributed by atoms with van der Waals surface area (Å²) in [6.45, 7) is 6.13. The van der Waals surface area contributed by atoms with Crippen molar-refractivity contribution in [2.24, 2.45) is 7.05 Å². The van der Waals surface area contributed by atoms with E-state index in [-0.39, 0.29) is 5.56 Å². The van der Waals surface area contributed by atoms with Crippen molar-refractivity contribution in [3.8, 4) is 17.0 Å². The third-order valence-corrected chi connectivity index (χ3v) is 3.92. The van der Waals surface area contributed by atoms with Crippen molar-refractivity contribution in [1.29, 1.82) is 0 Å². The van der Waals surface area contributed by atoms with Crippen LogP contribution >= 0.6 is 22.6 Å². The van der Waals surface area contributed by atoms with Crippen LogP contribution in [0.3, 0.4) is 0 Å². The van der Waals surface area contributed by atoms with Crippen LogP contribution in [-0.2, 0) is 7.05 Å². The van der Waals surface area contributed by atoms with E-state index >= 15 is 0 Å². The molecule has 0 aliphatic heterocycles. The Kier molecular flexibility index (Phi) is 4.65. The van der Waals surface area contributed by atoms with Gasteiger partial charge in [0.1, 0.15) is 12.4 Å². The summed E-state index contributed by atoms with van der Waals surface area (Å²) < 4.78 is 7.91. The molecular formula is C16H16INO2. The molecule has 0 spiro atoms. The number of rotatable bonds is 4. The van der Waals surface area contributed by atoms with Crippen LogP contribution in [0.25, 0.3) is 11.3 Å². The van der Waals surface area contributed by atoms with E-state index in [9.17, 15) is 4.79 Å². The predicted molar refractivity (Wildman–Crippen MR) is 90.3 cm³/mol. The van der Waals surface area contributed by atoms with E-state index in [4.69, 9.17) is 4.74 Å². The smallest absolute Gasteiger partial charge is 0.264 e. The number of halogens is 1. The van der Waals surface area contributed by atoms with Crippen LogP contribution in [0.2, 0.25) is 0 Å². The van der Waals surface area contributed by atoms with E-state index in [2.05, 4.69) is 29.2 Å². The Morgan fingerprint density at radius 1 is 1.35 bits per heavy atom. The molecule has 0 unspecified atom stereocenters. The molecule has 20 heavy (non-hydrogen) atoms. The lowest BCUT2D eigenvalue weighted by Gasteiger charge is -2.13. The molecule has 2 aromatic rings. The van der Waals surface area contributed by atoms with Crippen LogP contribution in [0.1, 0.15) is 5.56 Å². The minimum absolute atomic E-state index is 0.0227. The Hall–Kier alpha value is -1.56. The van der Waals surface area contributed by atoms with Gasteiger partial charge < -0.3 is 9.30 Å². The quantitative estimate of drug-likeness (QED) is 0.600. The summed E-state index contributed by atoms with van der Waals surface area (Å²) in [5.74, 6) is 0.807. The van der Waals surface area contributed by atoms with Gasteiger partial charge in [0.2, 0.25) is 0 Å². The molecular weight excluding hydrogens is 365 g/mol. The van der Waals surface area contributed by atoms with E-state index in [0.29, 0.717) is 6.61 Å². The Labute approximate surface area is 132 Å². The summed E-state index contributed by atoms with van der Waals surface area (Å²) in [5, 5.41) is 0. The molecule has 0 saturated carbocycles. The SMILES string of the molecule is C=CCOc1ccc(-c2ccc(I)c(=O)n2C)c(C)c1. The Morgan fingerprint density at radius 2 is 2.10 bits per heavy atom. The van der Waals surface area contributed by atoms with Gasteiger partial charge in [-0.15, -0.1) is 0 Å². The standard InChI is InChI=1S/C16H16INO2/c1-4-9-20-12-5-6-13(11(2)10-12)15-8-7-14(17)16(19)18(15)3/h4-8,10H,1,9H2,2-3H3. The Bertz CT molecular complexity index is 704. The lowest BCUT2D eigenvalue weighted by atomic mass is 10.0. The van der Waals surface area contributed by atoms with Crippen LogP contribution in [-0.4, -0.2) is 11.2 Å². The van der Waals surface area contributed by atoms with Gasteiger partial charge in [0.25, 0.3) is 5.56 Å². The number of hydrogen-bond acceptors (Lipinski definition) is 2. The van der Waals surface area contributed by atoms with Gasteiger partial charge in [0.05, 0.1) is 9.26 Å². The first-order valence-electron chi connectivity index (χ1n) is 6.25. The summed E-state index contributed by atoms with van der Waals surface area (Å²) in [6.07, 6.45) is 1.71. The summed E-state index contributed by atoms with van der Waals surface area (Å²) >= 11 is 2.05. The first-order valence-corrected chi connectivity index (χ1v) is 7.32. The molecule has 0 aliphatic carbocycles. The van der Waals surface area contributed by atoms with E-state index in [1.54, 1.807) is 17.7 Å². The second kappa shape index (κ2) is 6.26. The molecule has 0 atom stereocenters. The van der Waals surface area contributed by atoms with Gasteiger partial charge >= 0.3 is 0 Å². The van der Waals surface area contributed by atoms with E-state index in [0.717, 1.165) is 26.1 Å². The third-order valence-electron chi connectivity index (χ3n) is 3.10. The van der Waals surface area contributed by atoms with Crippen LogP contribution in [0.5, 0.6) is 5.75 Å². The number of pyridine rings is 1. The number of ether oxygens (including phenoxy) is 1. The van der Waals surface area contributed by atoms with Gasteiger partial charge in [-0.25, -0.2) is 0 Å². The van der Waals surface area contributed by atoms with Gasteiger partial charge in [-0.2, -0.15) is 0 Å². The molecule has 1 aromatic heterocycles. The number of hydrogen-bond donors (Lipinski definition) is 0. The lowest BCUT2D eigenvalue weighted by molar-refractivity contribution is 0.363. The number of aryl methyl sites for hydroxylation is 1. The monoisotopic (exact) mass is 381 g/mol. The van der Waals surface area contributed by atoms with E-state index in [1.165, 1.54) is 0 Å². The van der Waals surface area contributed by atoms with Crippen LogP contribution in [0.15, 0.2) is 47.8 Å². The molecule has 2 rings (SSSR count). The van der Waals surface area contributed by atoms with Gasteiger partial charge in [0, 0.05) is 12.6 Å². The van der Waals surface area contributed by atoms with Crippen molar-refractivity contribution < 1.29 is 4.74 Å². The average Bonchev–Trinajstić information content (AvgIpc) is 2.44. The molecule has 0 amide bonds. The Balaban J connectivity index is 2.46. The zero-order valence-corrected chi connectivity index (χ0v) is 13.7. The van der Waals surface area contributed by atoms with Crippen LogP contribution in [0.4, 0.5) is 0 Å². The minimum Gasteiger partial charge on any atom is -0.490 e. The van der Waals surface area contributed by atoms with Gasteiger partial charge in [0.15, 0.2) is 0 Å². The second-order valence-corrected chi connectivity index (χ2v) is 5.67. The van der Waals surface area contributed by atoms with Gasteiger partial charge in [-0.1, -0.05) is 12.7 Å². The lowest BCUT2D eigenvalue weighted by Crippen LogP contribution is -2.20. The maximum Gasteiger partial charge on any atom is 0.264 e.